The zero-order chi connectivity index (χ0) is 39.1. The molecule has 0 amide bonds. The van der Waals surface area contributed by atoms with Crippen molar-refractivity contribution < 1.29 is 0 Å². The molecule has 0 radical (unpaired) electrons. The third-order valence-corrected chi connectivity index (χ3v) is 11.0. The van der Waals surface area contributed by atoms with Crippen LogP contribution < -0.4 is 0 Å². The number of rotatable bonds is 7. The van der Waals surface area contributed by atoms with Crippen LogP contribution in [-0.4, -0.2) is 24.3 Å². The lowest BCUT2D eigenvalue weighted by atomic mass is 9.96. The molecule has 7 aromatic carbocycles. The Balaban J connectivity index is 0.980. The Kier molecular flexibility index (Phi) is 8.41. The second-order valence-corrected chi connectivity index (χ2v) is 14.7. The summed E-state index contributed by atoms with van der Waals surface area (Å²) >= 11 is 0. The number of hydrogen-bond donors (Lipinski definition) is 0. The van der Waals surface area contributed by atoms with Gasteiger partial charge in [0.1, 0.15) is 5.65 Å². The zero-order valence-corrected chi connectivity index (χ0v) is 31.9. The van der Waals surface area contributed by atoms with E-state index in [0.29, 0.717) is 5.82 Å². The quantitative estimate of drug-likeness (QED) is 0.152. The molecule has 0 atom stereocenters. The van der Waals surface area contributed by atoms with Crippen molar-refractivity contribution in [1.29, 1.82) is 0 Å². The predicted molar refractivity (Wildman–Crippen MR) is 242 cm³/mol. The largest absolute Gasteiger partial charge is 0.306 e. The first-order valence-electron chi connectivity index (χ1n) is 19.8. The molecule has 0 N–H and O–H groups in total. The molecular weight excluding hydrogens is 719 g/mol. The molecule has 0 aliphatic rings. The highest BCUT2D eigenvalue weighted by Gasteiger charge is 2.17. The third-order valence-electron chi connectivity index (χ3n) is 11.0. The maximum atomic E-state index is 5.27. The van der Waals surface area contributed by atoms with Gasteiger partial charge in [0.2, 0.25) is 0 Å². The Labute approximate surface area is 341 Å². The molecule has 5 heteroatoms. The second kappa shape index (κ2) is 14.5. The van der Waals surface area contributed by atoms with E-state index in [1.165, 1.54) is 5.56 Å². The summed E-state index contributed by atoms with van der Waals surface area (Å²) < 4.78 is 2.13. The third kappa shape index (κ3) is 6.41. The minimum atomic E-state index is 0.694. The molecule has 0 saturated carbocycles. The lowest BCUT2D eigenvalue weighted by molar-refractivity contribution is 1.18. The van der Waals surface area contributed by atoms with Crippen molar-refractivity contribution in [3.8, 4) is 78.7 Å². The van der Waals surface area contributed by atoms with Gasteiger partial charge < -0.3 is 4.40 Å². The predicted octanol–water partition coefficient (Wildman–Crippen LogP) is 13.5. The van der Waals surface area contributed by atoms with E-state index >= 15 is 0 Å². The van der Waals surface area contributed by atoms with Crippen LogP contribution in [0.1, 0.15) is 0 Å². The van der Waals surface area contributed by atoms with E-state index in [-0.39, 0.29) is 0 Å². The number of nitrogens with zero attached hydrogens (tertiary/aromatic N) is 5. The van der Waals surface area contributed by atoms with Gasteiger partial charge in [0.25, 0.3) is 0 Å². The SMILES string of the molecule is c1ccc(-c2cccc(-c3cc(-c4ccc(-c5cccc(-c6nc7ccccc7c7c6ccn6cc(-c8ccccc8)nc76)c5)cc4)nc(-c4ccccc4)n3)c2)cc1. The average Bonchev–Trinajstić information content (AvgIpc) is 3.77. The monoisotopic (exact) mass is 753 g/mol. The number of pyridine rings is 2. The van der Waals surface area contributed by atoms with Crippen molar-refractivity contribution >= 4 is 27.3 Å². The molecular formula is C54H35N5. The molecule has 276 valence electrons. The van der Waals surface area contributed by atoms with Gasteiger partial charge in [-0.05, 0) is 52.6 Å². The smallest absolute Gasteiger partial charge is 0.160 e. The number of benzene rings is 7. The minimum Gasteiger partial charge on any atom is -0.306 e. The van der Waals surface area contributed by atoms with Crippen LogP contribution in [0.15, 0.2) is 213 Å². The molecule has 0 bridgehead atoms. The van der Waals surface area contributed by atoms with E-state index in [1.807, 2.05) is 30.3 Å². The van der Waals surface area contributed by atoms with Gasteiger partial charge >= 0.3 is 0 Å². The number of fused-ring (bicyclic) bond motifs is 5. The van der Waals surface area contributed by atoms with Crippen molar-refractivity contribution in [2.24, 2.45) is 0 Å². The van der Waals surface area contributed by atoms with Gasteiger partial charge in [-0.25, -0.2) is 19.9 Å². The van der Waals surface area contributed by atoms with Crippen LogP contribution in [0.2, 0.25) is 0 Å². The van der Waals surface area contributed by atoms with Gasteiger partial charge in [0.15, 0.2) is 5.82 Å². The van der Waals surface area contributed by atoms with Crippen molar-refractivity contribution in [3.63, 3.8) is 0 Å². The molecule has 0 aliphatic carbocycles. The van der Waals surface area contributed by atoms with Crippen molar-refractivity contribution in [3.05, 3.63) is 213 Å². The van der Waals surface area contributed by atoms with Crippen LogP contribution >= 0.6 is 0 Å². The molecule has 0 saturated heterocycles. The molecule has 0 aliphatic heterocycles. The van der Waals surface area contributed by atoms with Crippen molar-refractivity contribution in [2.45, 2.75) is 0 Å². The first kappa shape index (κ1) is 34.2. The maximum absolute atomic E-state index is 5.27. The summed E-state index contributed by atoms with van der Waals surface area (Å²) in [4.78, 5) is 20.6. The Hall–Kier alpha value is -8.02. The van der Waals surface area contributed by atoms with E-state index in [9.17, 15) is 0 Å². The van der Waals surface area contributed by atoms with Gasteiger partial charge in [-0.3, -0.25) is 0 Å². The number of aromatic nitrogens is 5. The molecule has 11 aromatic rings. The highest BCUT2D eigenvalue weighted by molar-refractivity contribution is 6.16. The maximum Gasteiger partial charge on any atom is 0.160 e. The van der Waals surface area contributed by atoms with Gasteiger partial charge in [0, 0.05) is 56.4 Å². The second-order valence-electron chi connectivity index (χ2n) is 14.7. The summed E-state index contributed by atoms with van der Waals surface area (Å²) in [6.07, 6.45) is 4.21. The van der Waals surface area contributed by atoms with Crippen LogP contribution in [-0.2, 0) is 0 Å². The number of para-hydroxylation sites is 1. The number of hydrogen-bond acceptors (Lipinski definition) is 4. The van der Waals surface area contributed by atoms with E-state index in [2.05, 4.69) is 187 Å². The summed E-state index contributed by atoms with van der Waals surface area (Å²) in [6, 6.07) is 69.6. The first-order chi connectivity index (χ1) is 29.2. The lowest BCUT2D eigenvalue weighted by Crippen LogP contribution is -1.96. The molecule has 0 spiro atoms. The Morgan fingerprint density at radius 3 is 1.58 bits per heavy atom. The highest BCUT2D eigenvalue weighted by Crippen LogP contribution is 2.37. The molecule has 0 fully saturated rings. The molecule has 59 heavy (non-hydrogen) atoms. The first-order valence-corrected chi connectivity index (χ1v) is 19.8. The molecule has 5 nitrogen and oxygen atoms in total. The topological polar surface area (TPSA) is 56.0 Å². The standard InChI is InChI=1S/C54H35N5/c1-4-14-36(15-5-1)41-20-12-22-43(32-41)49-34-48(56-53(57-49)40-18-8-3-9-19-40)39-28-26-37(27-29-39)42-21-13-23-44(33-42)52-46-30-31-59-35-50(38-16-6-2-7-17-38)58-54(59)51(46)45-24-10-11-25-47(45)55-52/h1-35H. The summed E-state index contributed by atoms with van der Waals surface area (Å²) in [7, 11) is 0. The minimum absolute atomic E-state index is 0.694. The van der Waals surface area contributed by atoms with Gasteiger partial charge in [-0.1, -0.05) is 170 Å². The van der Waals surface area contributed by atoms with Crippen LogP contribution in [0, 0.1) is 0 Å². The summed E-state index contributed by atoms with van der Waals surface area (Å²) in [5, 5.41) is 3.24. The molecule has 11 rings (SSSR count). The van der Waals surface area contributed by atoms with Gasteiger partial charge in [-0.15, -0.1) is 0 Å². The fraction of sp³-hybridized carbons (Fsp3) is 0. The summed E-state index contributed by atoms with van der Waals surface area (Å²) in [5.74, 6) is 0.694. The van der Waals surface area contributed by atoms with Gasteiger partial charge in [-0.2, -0.15) is 0 Å². The fourth-order valence-electron chi connectivity index (χ4n) is 8.07. The van der Waals surface area contributed by atoms with Crippen LogP contribution in [0.5, 0.6) is 0 Å². The van der Waals surface area contributed by atoms with Gasteiger partial charge in [0.05, 0.1) is 28.3 Å². The van der Waals surface area contributed by atoms with Crippen LogP contribution in [0.25, 0.3) is 106 Å². The molecule has 4 heterocycles. The Morgan fingerprint density at radius 1 is 0.322 bits per heavy atom. The number of imidazole rings is 1. The fourth-order valence-corrected chi connectivity index (χ4v) is 8.07. The van der Waals surface area contributed by atoms with E-state index in [0.717, 1.165) is 94.6 Å². The molecule has 0 unspecified atom stereocenters. The van der Waals surface area contributed by atoms with Crippen LogP contribution in [0.3, 0.4) is 0 Å². The summed E-state index contributed by atoms with van der Waals surface area (Å²) in [5.41, 5.74) is 15.2. The molecule has 4 aromatic heterocycles. The lowest BCUT2D eigenvalue weighted by Gasteiger charge is -2.13. The Bertz CT molecular complexity index is 3300. The normalized spacial score (nSPS) is 11.4. The van der Waals surface area contributed by atoms with E-state index < -0.39 is 0 Å². The van der Waals surface area contributed by atoms with Crippen LogP contribution in [0.4, 0.5) is 0 Å². The van der Waals surface area contributed by atoms with E-state index in [4.69, 9.17) is 19.9 Å². The summed E-state index contributed by atoms with van der Waals surface area (Å²) in [6.45, 7) is 0. The highest BCUT2D eigenvalue weighted by atomic mass is 15.0. The van der Waals surface area contributed by atoms with Crippen molar-refractivity contribution in [2.75, 3.05) is 0 Å². The Morgan fingerprint density at radius 2 is 0.847 bits per heavy atom. The van der Waals surface area contributed by atoms with Crippen molar-refractivity contribution in [1.82, 2.24) is 24.3 Å². The van der Waals surface area contributed by atoms with E-state index in [1.54, 1.807) is 0 Å². The average molecular weight is 754 g/mol. The zero-order valence-electron chi connectivity index (χ0n) is 31.9.